The molecule has 0 unspecified atom stereocenters. The van der Waals surface area contributed by atoms with E-state index in [4.69, 9.17) is 0 Å². The van der Waals surface area contributed by atoms with Crippen molar-refractivity contribution in [3.05, 3.63) is 55.6 Å². The zero-order valence-corrected chi connectivity index (χ0v) is 10.3. The summed E-state index contributed by atoms with van der Waals surface area (Å²) in [5.74, 6) is 0. The fourth-order valence-electron chi connectivity index (χ4n) is 1.33. The monoisotopic (exact) mass is 312 g/mol. The van der Waals surface area contributed by atoms with E-state index in [1.54, 1.807) is 6.07 Å². The Labute approximate surface area is 98.0 Å². The van der Waals surface area contributed by atoms with Crippen LogP contribution in [-0.4, -0.2) is 0 Å². The highest BCUT2D eigenvalue weighted by atomic mass is 79.9. The van der Waals surface area contributed by atoms with Crippen LogP contribution in [0.25, 0.3) is 10.8 Å². The van der Waals surface area contributed by atoms with Gasteiger partial charge in [0.1, 0.15) is 0 Å². The zero-order valence-electron chi connectivity index (χ0n) is 7.13. The molecule has 0 atom stereocenters. The van der Waals surface area contributed by atoms with Crippen molar-refractivity contribution in [3.63, 3.8) is 0 Å². The van der Waals surface area contributed by atoms with Crippen LogP contribution in [-0.2, 0) is 0 Å². The first-order valence-corrected chi connectivity index (χ1v) is 5.66. The average Bonchev–Trinajstić information content (AvgIpc) is 2.33. The summed E-state index contributed by atoms with van der Waals surface area (Å²) in [4.78, 5) is 11.8. The summed E-state index contributed by atoms with van der Waals surface area (Å²) < 4.78 is 1.51. The molecule has 0 aliphatic heterocycles. The molecule has 14 heavy (non-hydrogen) atoms. The first-order valence-electron chi connectivity index (χ1n) is 4.07. The Morgan fingerprint density at radius 2 is 1.36 bits per heavy atom. The molecule has 3 heteroatoms. The molecule has 0 radical (unpaired) electrons. The van der Waals surface area contributed by atoms with Gasteiger partial charge < -0.3 is 0 Å². The van der Waals surface area contributed by atoms with E-state index in [1.807, 2.05) is 30.3 Å². The number of rotatable bonds is 0. The Bertz CT molecular complexity index is 549. The van der Waals surface area contributed by atoms with E-state index in [1.165, 1.54) is 0 Å². The van der Waals surface area contributed by atoms with E-state index in [0.29, 0.717) is 4.47 Å². The van der Waals surface area contributed by atoms with Gasteiger partial charge in [-0.1, -0.05) is 40.2 Å². The standard InChI is InChI=1S/C11H6Br2O/c12-9-5-6-10(13)11(14)8-4-2-1-3-7(8)9/h1-6H. The first-order chi connectivity index (χ1) is 6.70. The summed E-state index contributed by atoms with van der Waals surface area (Å²) >= 11 is 6.68. The van der Waals surface area contributed by atoms with Crippen molar-refractivity contribution >= 4 is 42.6 Å². The molecule has 0 bridgehead atoms. The third-order valence-corrected chi connectivity index (χ3v) is 3.34. The van der Waals surface area contributed by atoms with Crippen LogP contribution < -0.4 is 5.43 Å². The molecule has 0 aliphatic carbocycles. The van der Waals surface area contributed by atoms with E-state index in [0.717, 1.165) is 15.2 Å². The van der Waals surface area contributed by atoms with E-state index in [-0.39, 0.29) is 5.43 Å². The lowest BCUT2D eigenvalue weighted by Crippen LogP contribution is -1.97. The van der Waals surface area contributed by atoms with Crippen LogP contribution in [0.4, 0.5) is 0 Å². The molecule has 2 aromatic carbocycles. The Morgan fingerprint density at radius 1 is 0.786 bits per heavy atom. The number of hydrogen-bond acceptors (Lipinski definition) is 1. The summed E-state index contributed by atoms with van der Waals surface area (Å²) in [5, 5.41) is 1.65. The molecular formula is C11H6Br2O. The van der Waals surface area contributed by atoms with Crippen molar-refractivity contribution in [2.75, 3.05) is 0 Å². The highest BCUT2D eigenvalue weighted by molar-refractivity contribution is 9.11. The van der Waals surface area contributed by atoms with Crippen molar-refractivity contribution < 1.29 is 0 Å². The van der Waals surface area contributed by atoms with E-state index >= 15 is 0 Å². The average molecular weight is 314 g/mol. The fraction of sp³-hybridized carbons (Fsp3) is 0. The van der Waals surface area contributed by atoms with Crippen LogP contribution in [0, 0.1) is 0 Å². The van der Waals surface area contributed by atoms with Gasteiger partial charge in [0.15, 0.2) is 0 Å². The van der Waals surface area contributed by atoms with Crippen LogP contribution in [0.15, 0.2) is 50.1 Å². The molecular weight excluding hydrogens is 308 g/mol. The molecule has 0 N–H and O–H groups in total. The van der Waals surface area contributed by atoms with Crippen molar-refractivity contribution in [1.82, 2.24) is 0 Å². The quantitative estimate of drug-likeness (QED) is 0.724. The first kappa shape index (κ1) is 9.87. The third-order valence-electron chi connectivity index (χ3n) is 2.02. The number of fused-ring (bicyclic) bond motifs is 1. The van der Waals surface area contributed by atoms with E-state index < -0.39 is 0 Å². The smallest absolute Gasteiger partial charge is 0.200 e. The molecule has 0 spiro atoms. The highest BCUT2D eigenvalue weighted by Gasteiger charge is 2.02. The van der Waals surface area contributed by atoms with Crippen LogP contribution in [0.5, 0.6) is 0 Å². The minimum absolute atomic E-state index is 0.0197. The van der Waals surface area contributed by atoms with Gasteiger partial charge in [-0.2, -0.15) is 0 Å². The molecule has 1 nitrogen and oxygen atoms in total. The SMILES string of the molecule is O=c1c(Br)ccc(Br)c2ccccc12. The second-order valence-electron chi connectivity index (χ2n) is 2.90. The maximum absolute atomic E-state index is 11.8. The van der Waals surface area contributed by atoms with Crippen LogP contribution >= 0.6 is 31.9 Å². The molecule has 2 aromatic rings. The topological polar surface area (TPSA) is 17.1 Å². The molecule has 0 heterocycles. The number of halogens is 2. The Hall–Kier alpha value is -0.670. The van der Waals surface area contributed by atoms with Gasteiger partial charge in [0.25, 0.3) is 0 Å². The Kier molecular flexibility index (Phi) is 2.70. The van der Waals surface area contributed by atoms with Gasteiger partial charge in [0, 0.05) is 9.86 Å². The van der Waals surface area contributed by atoms with Gasteiger partial charge in [-0.05, 0) is 33.4 Å². The zero-order chi connectivity index (χ0) is 10.1. The lowest BCUT2D eigenvalue weighted by Gasteiger charge is -1.91. The van der Waals surface area contributed by atoms with Gasteiger partial charge in [-0.15, -0.1) is 0 Å². The lowest BCUT2D eigenvalue weighted by atomic mass is 10.2. The van der Waals surface area contributed by atoms with Gasteiger partial charge in [-0.3, -0.25) is 4.79 Å². The Morgan fingerprint density at radius 3 is 2.07 bits per heavy atom. The number of benzene rings is 1. The summed E-state index contributed by atoms with van der Waals surface area (Å²) in [6.07, 6.45) is 0. The number of hydrogen-bond donors (Lipinski definition) is 0. The predicted octanol–water partition coefficient (Wildman–Crippen LogP) is 3.73. The van der Waals surface area contributed by atoms with Crippen molar-refractivity contribution in [3.8, 4) is 0 Å². The van der Waals surface area contributed by atoms with Crippen molar-refractivity contribution in [2.45, 2.75) is 0 Å². The van der Waals surface area contributed by atoms with Gasteiger partial charge in [0.05, 0.1) is 4.47 Å². The second kappa shape index (κ2) is 3.83. The molecule has 0 aromatic heterocycles. The Balaban J connectivity index is 3.12. The second-order valence-corrected chi connectivity index (χ2v) is 4.61. The van der Waals surface area contributed by atoms with E-state index in [9.17, 15) is 4.79 Å². The summed E-state index contributed by atoms with van der Waals surface area (Å²) in [6.45, 7) is 0. The van der Waals surface area contributed by atoms with Crippen LogP contribution in [0.3, 0.4) is 0 Å². The summed E-state index contributed by atoms with van der Waals surface area (Å²) in [6, 6.07) is 11.2. The maximum Gasteiger partial charge on any atom is 0.200 e. The van der Waals surface area contributed by atoms with Gasteiger partial charge in [0.2, 0.25) is 5.43 Å². The normalized spacial score (nSPS) is 10.4. The molecule has 0 fully saturated rings. The molecule has 0 saturated carbocycles. The van der Waals surface area contributed by atoms with Crippen molar-refractivity contribution in [2.24, 2.45) is 0 Å². The minimum Gasteiger partial charge on any atom is -0.288 e. The molecule has 70 valence electrons. The van der Waals surface area contributed by atoms with Crippen molar-refractivity contribution in [1.29, 1.82) is 0 Å². The highest BCUT2D eigenvalue weighted by Crippen LogP contribution is 2.21. The summed E-state index contributed by atoms with van der Waals surface area (Å²) in [5.41, 5.74) is 0.0197. The molecule has 0 aliphatic rings. The predicted molar refractivity (Wildman–Crippen MR) is 65.6 cm³/mol. The summed E-state index contributed by atoms with van der Waals surface area (Å²) in [7, 11) is 0. The molecule has 2 rings (SSSR count). The van der Waals surface area contributed by atoms with Crippen LogP contribution in [0.2, 0.25) is 0 Å². The lowest BCUT2D eigenvalue weighted by molar-refractivity contribution is 1.65. The fourth-order valence-corrected chi connectivity index (χ4v) is 2.15. The van der Waals surface area contributed by atoms with Gasteiger partial charge in [-0.25, -0.2) is 0 Å². The largest absolute Gasteiger partial charge is 0.288 e. The minimum atomic E-state index is 0.0197. The van der Waals surface area contributed by atoms with E-state index in [2.05, 4.69) is 31.9 Å². The molecule has 0 amide bonds. The van der Waals surface area contributed by atoms with Gasteiger partial charge >= 0.3 is 0 Å². The maximum atomic E-state index is 11.8. The third kappa shape index (κ3) is 1.62. The van der Waals surface area contributed by atoms with Crippen LogP contribution in [0.1, 0.15) is 0 Å². The molecule has 0 saturated heterocycles.